The number of piperazine rings is 1. The van der Waals surface area contributed by atoms with Crippen molar-refractivity contribution in [1.82, 2.24) is 14.8 Å². The van der Waals surface area contributed by atoms with Gasteiger partial charge in [0, 0.05) is 31.4 Å². The molecule has 2 aliphatic rings. The molecule has 1 aromatic heterocycles. The lowest BCUT2D eigenvalue weighted by molar-refractivity contribution is -0.128. The Morgan fingerprint density at radius 1 is 1.24 bits per heavy atom. The lowest BCUT2D eigenvalue weighted by Crippen LogP contribution is -2.56. The number of pyridine rings is 1. The number of nitrogen functional groups attached to an aromatic ring is 1. The number of fused-ring (bicyclic) bond motifs is 1. The summed E-state index contributed by atoms with van der Waals surface area (Å²) in [7, 11) is -3.87. The van der Waals surface area contributed by atoms with Gasteiger partial charge in [0.1, 0.15) is 5.82 Å². The second-order valence-corrected chi connectivity index (χ2v) is 11.9. The van der Waals surface area contributed by atoms with Crippen molar-refractivity contribution in [1.29, 1.82) is 0 Å². The fourth-order valence-electron chi connectivity index (χ4n) is 5.33. The summed E-state index contributed by atoms with van der Waals surface area (Å²) in [6, 6.07) is 13.1. The molecule has 2 aliphatic heterocycles. The number of hydrogen-bond acceptors (Lipinski definition) is 8. The Hall–Kier alpha value is -3.64. The van der Waals surface area contributed by atoms with E-state index < -0.39 is 16.8 Å². The van der Waals surface area contributed by atoms with Gasteiger partial charge in [0.15, 0.2) is 11.7 Å². The van der Waals surface area contributed by atoms with Gasteiger partial charge in [-0.15, -0.1) is 4.40 Å². The number of nitrogens with zero attached hydrogens (tertiary/aromatic N) is 5. The first-order valence-corrected chi connectivity index (χ1v) is 15.1. The van der Waals surface area contributed by atoms with Crippen LogP contribution in [-0.2, 0) is 11.2 Å². The van der Waals surface area contributed by atoms with E-state index in [2.05, 4.69) is 11.0 Å². The Labute approximate surface area is 245 Å². The largest absolute Gasteiger partial charge is 0.398 e. The summed E-state index contributed by atoms with van der Waals surface area (Å²) >= 11 is 6.75. The number of halogens is 2. The third-order valence-electron chi connectivity index (χ3n) is 7.24. The molecule has 0 unspecified atom stereocenters. The lowest BCUT2D eigenvalue weighted by atomic mass is 10.0. The van der Waals surface area contributed by atoms with Gasteiger partial charge in [0.25, 0.3) is 0 Å². The number of benzene rings is 2. The highest BCUT2D eigenvalue weighted by molar-refractivity contribution is 8.24. The number of carbonyl (C=O) groups is 1. The van der Waals surface area contributed by atoms with Crippen molar-refractivity contribution in [2.24, 2.45) is 4.40 Å². The Kier molecular flexibility index (Phi) is 7.97. The summed E-state index contributed by atoms with van der Waals surface area (Å²) in [5.41, 5.74) is 8.23. The van der Waals surface area contributed by atoms with Crippen molar-refractivity contribution < 1.29 is 18.3 Å². The zero-order chi connectivity index (χ0) is 29.5. The summed E-state index contributed by atoms with van der Waals surface area (Å²) in [5.74, 6) is -0.338. The number of amides is 1. The average Bonchev–Trinajstić information content (AvgIpc) is 2.93. The Morgan fingerprint density at radius 3 is 2.68 bits per heavy atom. The molecule has 4 N–H and O–H groups in total. The molecule has 0 saturated carbocycles. The molecular formula is C29H32ClFN6O3S. The maximum absolute atomic E-state index is 15.1. The molecule has 2 aromatic carbocycles. The molecule has 0 bridgehead atoms. The summed E-state index contributed by atoms with van der Waals surface area (Å²) in [6.45, 7) is 8.67. The van der Waals surface area contributed by atoms with E-state index in [1.165, 1.54) is 22.5 Å². The minimum atomic E-state index is -3.87. The molecule has 1 amide bonds. The van der Waals surface area contributed by atoms with E-state index in [0.717, 1.165) is 12.0 Å². The number of carbonyl (C=O) groups excluding carboxylic acids is 1. The third kappa shape index (κ3) is 5.26. The first kappa shape index (κ1) is 28.9. The highest BCUT2D eigenvalue weighted by atomic mass is 35.5. The Morgan fingerprint density at radius 2 is 2.00 bits per heavy atom. The lowest BCUT2D eigenvalue weighted by Gasteiger charge is -2.48. The van der Waals surface area contributed by atoms with Crippen molar-refractivity contribution in [3.63, 3.8) is 0 Å². The molecule has 0 aliphatic carbocycles. The number of nitrogens with two attached hydrogens (primary N) is 1. The Balaban J connectivity index is 1.72. The summed E-state index contributed by atoms with van der Waals surface area (Å²) in [6.07, 6.45) is 2.77. The van der Waals surface area contributed by atoms with E-state index in [0.29, 0.717) is 37.3 Å². The van der Waals surface area contributed by atoms with Gasteiger partial charge in [-0.3, -0.25) is 13.9 Å². The van der Waals surface area contributed by atoms with Gasteiger partial charge in [0.2, 0.25) is 5.91 Å². The van der Waals surface area contributed by atoms with Crippen molar-refractivity contribution in [2.75, 3.05) is 29.7 Å². The first-order valence-electron chi connectivity index (χ1n) is 13.3. The van der Waals surface area contributed by atoms with Crippen LogP contribution in [0.25, 0.3) is 11.3 Å². The average molecular weight is 599 g/mol. The number of rotatable bonds is 5. The van der Waals surface area contributed by atoms with Gasteiger partial charge in [-0.1, -0.05) is 55.8 Å². The summed E-state index contributed by atoms with van der Waals surface area (Å²) in [5, 5.41) is 0.126. The number of hydrogen-bond donors (Lipinski definition) is 3. The quantitative estimate of drug-likeness (QED) is 0.234. The molecule has 12 heteroatoms. The van der Waals surface area contributed by atoms with Gasteiger partial charge in [0.05, 0.1) is 27.5 Å². The van der Waals surface area contributed by atoms with E-state index in [4.69, 9.17) is 22.3 Å². The molecule has 0 spiro atoms. The minimum absolute atomic E-state index is 0.0209. The van der Waals surface area contributed by atoms with E-state index in [1.807, 2.05) is 30.9 Å². The van der Waals surface area contributed by atoms with E-state index in [-0.39, 0.29) is 45.6 Å². The fraction of sp³-hybridized carbons (Fsp3) is 0.276. The Bertz CT molecular complexity index is 1530. The standard InChI is InChI=1S/C29H32ClFN6O3S/c1-4-9-19-10-6-7-13-24(19)37-28-20(16-21(30)27(33-28)26-22(31)11-8-12-23(26)32)29(34-41(37,39)40)36-15-14-35(17-18(36)3)25(38)5-2/h5-8,10-13,16,18,39-40H,2,4,9,14-15,17,32H2,1,3H3/t18-/m0/s1. The van der Waals surface area contributed by atoms with Crippen LogP contribution >= 0.6 is 22.6 Å². The molecule has 5 rings (SSSR count). The van der Waals surface area contributed by atoms with Gasteiger partial charge in [-0.25, -0.2) is 13.7 Å². The fourth-order valence-corrected chi connectivity index (χ4v) is 6.91. The SMILES string of the molecule is C=CC(=O)N1CCN(C2=NS(O)(O)N(c3ccccc3CCC)c3nc(-c4c(N)cccc4F)c(Cl)cc32)[C@@H](C)C1. The molecule has 216 valence electrons. The zero-order valence-electron chi connectivity index (χ0n) is 22.8. The zero-order valence-corrected chi connectivity index (χ0v) is 24.4. The highest BCUT2D eigenvalue weighted by Crippen LogP contribution is 2.58. The number of anilines is 3. The molecule has 0 radical (unpaired) electrons. The normalized spacial score (nSPS) is 18.9. The van der Waals surface area contributed by atoms with Crippen molar-refractivity contribution in [3.05, 3.63) is 83.2 Å². The molecule has 1 fully saturated rings. The smallest absolute Gasteiger partial charge is 0.246 e. The van der Waals surface area contributed by atoms with Crippen molar-refractivity contribution >= 4 is 51.5 Å². The minimum Gasteiger partial charge on any atom is -0.398 e. The van der Waals surface area contributed by atoms with Crippen molar-refractivity contribution in [2.45, 2.75) is 32.7 Å². The van der Waals surface area contributed by atoms with Crippen LogP contribution in [0.3, 0.4) is 0 Å². The summed E-state index contributed by atoms with van der Waals surface area (Å²) in [4.78, 5) is 20.6. The monoisotopic (exact) mass is 598 g/mol. The molecular weight excluding hydrogens is 567 g/mol. The second kappa shape index (κ2) is 11.3. The topological polar surface area (TPSA) is 119 Å². The molecule has 9 nitrogen and oxygen atoms in total. The number of aromatic nitrogens is 1. The number of amidine groups is 1. The third-order valence-corrected chi connectivity index (χ3v) is 8.81. The van der Waals surface area contributed by atoms with Crippen LogP contribution in [-0.4, -0.2) is 61.3 Å². The highest BCUT2D eigenvalue weighted by Gasteiger charge is 2.41. The van der Waals surface area contributed by atoms with Crippen LogP contribution in [0.5, 0.6) is 0 Å². The van der Waals surface area contributed by atoms with Gasteiger partial charge < -0.3 is 15.5 Å². The van der Waals surface area contributed by atoms with Crippen LogP contribution < -0.4 is 10.0 Å². The van der Waals surface area contributed by atoms with Crippen LogP contribution in [0.4, 0.5) is 21.6 Å². The van der Waals surface area contributed by atoms with Crippen LogP contribution in [0.15, 0.2) is 65.6 Å². The first-order chi connectivity index (χ1) is 19.6. The number of para-hydroxylation sites is 1. The molecule has 41 heavy (non-hydrogen) atoms. The van der Waals surface area contributed by atoms with Crippen LogP contribution in [0.2, 0.25) is 5.02 Å². The van der Waals surface area contributed by atoms with Gasteiger partial charge in [-0.2, -0.15) is 0 Å². The molecule has 1 saturated heterocycles. The molecule has 3 heterocycles. The maximum atomic E-state index is 15.1. The van der Waals surface area contributed by atoms with E-state index >= 15 is 4.39 Å². The predicted octanol–water partition coefficient (Wildman–Crippen LogP) is 6.27. The molecule has 3 aromatic rings. The van der Waals surface area contributed by atoms with Crippen molar-refractivity contribution in [3.8, 4) is 11.3 Å². The van der Waals surface area contributed by atoms with Crippen LogP contribution in [0.1, 0.15) is 31.4 Å². The number of aryl methyl sites for hydroxylation is 1. The maximum Gasteiger partial charge on any atom is 0.246 e. The van der Waals surface area contributed by atoms with Gasteiger partial charge >= 0.3 is 0 Å². The van der Waals surface area contributed by atoms with Crippen LogP contribution in [0, 0.1) is 5.82 Å². The van der Waals surface area contributed by atoms with E-state index in [1.54, 1.807) is 29.2 Å². The van der Waals surface area contributed by atoms with E-state index in [9.17, 15) is 13.9 Å². The predicted molar refractivity (Wildman–Crippen MR) is 164 cm³/mol. The summed E-state index contributed by atoms with van der Waals surface area (Å²) < 4.78 is 44.2. The molecule has 1 atom stereocenters. The van der Waals surface area contributed by atoms with Gasteiger partial charge in [-0.05, 0) is 60.2 Å². The second-order valence-electron chi connectivity index (χ2n) is 10.0.